The van der Waals surface area contributed by atoms with Crippen LogP contribution >= 0.6 is 0 Å². The predicted molar refractivity (Wildman–Crippen MR) is 50.0 cm³/mol. The Labute approximate surface area is 80.9 Å². The molecule has 0 atom stereocenters. The van der Waals surface area contributed by atoms with Gasteiger partial charge in [0.25, 0.3) is 0 Å². The summed E-state index contributed by atoms with van der Waals surface area (Å²) in [5.74, 6) is 0. The lowest BCUT2D eigenvalue weighted by Crippen LogP contribution is -1.90. The molecule has 14 heavy (non-hydrogen) atoms. The van der Waals surface area contributed by atoms with Gasteiger partial charge in [0, 0.05) is 6.20 Å². The third-order valence-corrected chi connectivity index (χ3v) is 1.69. The first-order chi connectivity index (χ1) is 6.90. The number of rotatable bonds is 1. The van der Waals surface area contributed by atoms with Crippen LogP contribution in [-0.4, -0.2) is 15.0 Å². The number of aromatic nitrogens is 3. The van der Waals surface area contributed by atoms with E-state index in [1.54, 1.807) is 12.4 Å². The second-order valence-electron chi connectivity index (χ2n) is 2.61. The van der Waals surface area contributed by atoms with Gasteiger partial charge in [0.05, 0.1) is 18.1 Å². The lowest BCUT2D eigenvalue weighted by atomic mass is 10.3. The number of pyridine rings is 1. The molecular weight excluding hydrogens is 176 g/mol. The summed E-state index contributed by atoms with van der Waals surface area (Å²) < 4.78 is 0. The smallest absolute Gasteiger partial charge is 0.158 e. The lowest BCUT2D eigenvalue weighted by Gasteiger charge is -1.97. The molecule has 0 N–H and O–H groups in total. The van der Waals surface area contributed by atoms with Gasteiger partial charge < -0.3 is 0 Å². The molecule has 2 aromatic heterocycles. The maximum Gasteiger partial charge on any atom is 0.158 e. The number of hydrogen-bond acceptors (Lipinski definition) is 4. The van der Waals surface area contributed by atoms with Gasteiger partial charge in [-0.1, -0.05) is 6.07 Å². The number of nitrogens with zero attached hydrogens (tertiary/aromatic N) is 4. The van der Waals surface area contributed by atoms with Crippen molar-refractivity contribution in [1.29, 1.82) is 5.26 Å². The molecule has 2 rings (SSSR count). The first-order valence-electron chi connectivity index (χ1n) is 4.04. The van der Waals surface area contributed by atoms with Crippen LogP contribution in [0.3, 0.4) is 0 Å². The average Bonchev–Trinajstić information content (AvgIpc) is 2.30. The molecule has 2 heterocycles. The highest BCUT2D eigenvalue weighted by atomic mass is 14.8. The van der Waals surface area contributed by atoms with Crippen molar-refractivity contribution in [2.24, 2.45) is 0 Å². The highest BCUT2D eigenvalue weighted by molar-refractivity contribution is 5.52. The molecule has 0 radical (unpaired) electrons. The molecule has 0 aliphatic heterocycles. The first-order valence-corrected chi connectivity index (χ1v) is 4.04. The van der Waals surface area contributed by atoms with E-state index in [9.17, 15) is 0 Å². The molecule has 0 bridgehead atoms. The van der Waals surface area contributed by atoms with E-state index in [-0.39, 0.29) is 0 Å². The highest BCUT2D eigenvalue weighted by Crippen LogP contribution is 2.10. The van der Waals surface area contributed by atoms with Crippen molar-refractivity contribution in [2.45, 2.75) is 0 Å². The maximum absolute atomic E-state index is 8.53. The van der Waals surface area contributed by atoms with E-state index in [0.29, 0.717) is 11.4 Å². The molecule has 66 valence electrons. The van der Waals surface area contributed by atoms with Crippen LogP contribution in [0.25, 0.3) is 11.4 Å². The van der Waals surface area contributed by atoms with E-state index in [1.165, 1.54) is 6.20 Å². The normalized spacial score (nSPS) is 9.36. The molecule has 0 saturated carbocycles. The standard InChI is InChI=1S/C10H6N4/c11-5-8-6-14-10(7-13-8)9-3-1-2-4-12-9/h1-4,6-7H. The summed E-state index contributed by atoms with van der Waals surface area (Å²) in [4.78, 5) is 12.1. The van der Waals surface area contributed by atoms with Crippen LogP contribution in [0.5, 0.6) is 0 Å². The van der Waals surface area contributed by atoms with Crippen molar-refractivity contribution < 1.29 is 0 Å². The molecule has 0 fully saturated rings. The van der Waals surface area contributed by atoms with E-state index >= 15 is 0 Å². The largest absolute Gasteiger partial charge is 0.255 e. The molecule has 0 aliphatic rings. The zero-order chi connectivity index (χ0) is 9.80. The van der Waals surface area contributed by atoms with E-state index in [2.05, 4.69) is 15.0 Å². The fraction of sp³-hybridized carbons (Fsp3) is 0. The molecule has 0 aromatic carbocycles. The van der Waals surface area contributed by atoms with Crippen LogP contribution < -0.4 is 0 Å². The zero-order valence-corrected chi connectivity index (χ0v) is 7.25. The summed E-state index contributed by atoms with van der Waals surface area (Å²) in [7, 11) is 0. The maximum atomic E-state index is 8.53. The Balaban J connectivity index is 2.40. The van der Waals surface area contributed by atoms with Gasteiger partial charge in [-0.05, 0) is 12.1 Å². The molecule has 0 amide bonds. The summed E-state index contributed by atoms with van der Waals surface area (Å²) in [6.07, 6.45) is 4.67. The summed E-state index contributed by atoms with van der Waals surface area (Å²) in [6, 6.07) is 7.47. The predicted octanol–water partition coefficient (Wildman–Crippen LogP) is 1.41. The second kappa shape index (κ2) is 3.62. The Morgan fingerprint density at radius 2 is 1.93 bits per heavy atom. The van der Waals surface area contributed by atoms with E-state index in [0.717, 1.165) is 5.69 Å². The Bertz CT molecular complexity index is 456. The molecule has 2 aromatic rings. The minimum Gasteiger partial charge on any atom is -0.255 e. The van der Waals surface area contributed by atoms with Crippen LogP contribution in [0, 0.1) is 11.3 Å². The quantitative estimate of drug-likeness (QED) is 0.668. The minimum atomic E-state index is 0.310. The van der Waals surface area contributed by atoms with E-state index in [4.69, 9.17) is 5.26 Å². The minimum absolute atomic E-state index is 0.310. The zero-order valence-electron chi connectivity index (χ0n) is 7.25. The van der Waals surface area contributed by atoms with Crippen LogP contribution in [0.4, 0.5) is 0 Å². The van der Waals surface area contributed by atoms with Gasteiger partial charge >= 0.3 is 0 Å². The third-order valence-electron chi connectivity index (χ3n) is 1.69. The van der Waals surface area contributed by atoms with Crippen molar-refractivity contribution in [1.82, 2.24) is 15.0 Å². The van der Waals surface area contributed by atoms with Crippen molar-refractivity contribution in [3.8, 4) is 17.5 Å². The Morgan fingerprint density at radius 1 is 1.00 bits per heavy atom. The second-order valence-corrected chi connectivity index (χ2v) is 2.61. The molecule has 0 spiro atoms. The topological polar surface area (TPSA) is 62.5 Å². The van der Waals surface area contributed by atoms with Crippen LogP contribution in [0.15, 0.2) is 36.8 Å². The average molecular weight is 182 g/mol. The van der Waals surface area contributed by atoms with E-state index in [1.807, 2.05) is 24.3 Å². The van der Waals surface area contributed by atoms with Gasteiger partial charge in [-0.15, -0.1) is 0 Å². The van der Waals surface area contributed by atoms with Gasteiger partial charge in [0.15, 0.2) is 5.69 Å². The Hall–Kier alpha value is -2.28. The Morgan fingerprint density at radius 3 is 2.50 bits per heavy atom. The van der Waals surface area contributed by atoms with Crippen molar-refractivity contribution in [2.75, 3.05) is 0 Å². The SMILES string of the molecule is N#Cc1cnc(-c2ccccn2)cn1. The lowest BCUT2D eigenvalue weighted by molar-refractivity contribution is 1.15. The third kappa shape index (κ3) is 1.57. The van der Waals surface area contributed by atoms with Gasteiger partial charge in [0.1, 0.15) is 11.8 Å². The summed E-state index contributed by atoms with van der Waals surface area (Å²) >= 11 is 0. The van der Waals surface area contributed by atoms with Gasteiger partial charge in [0.2, 0.25) is 0 Å². The van der Waals surface area contributed by atoms with Crippen molar-refractivity contribution in [3.63, 3.8) is 0 Å². The fourth-order valence-electron chi connectivity index (χ4n) is 1.03. The van der Waals surface area contributed by atoms with Crippen LogP contribution in [-0.2, 0) is 0 Å². The van der Waals surface area contributed by atoms with E-state index < -0.39 is 0 Å². The summed E-state index contributed by atoms with van der Waals surface area (Å²) in [5, 5.41) is 8.53. The summed E-state index contributed by atoms with van der Waals surface area (Å²) in [6.45, 7) is 0. The van der Waals surface area contributed by atoms with Crippen molar-refractivity contribution in [3.05, 3.63) is 42.5 Å². The molecule has 0 aliphatic carbocycles. The molecule has 4 nitrogen and oxygen atoms in total. The van der Waals surface area contributed by atoms with Crippen LogP contribution in [0.1, 0.15) is 5.69 Å². The highest BCUT2D eigenvalue weighted by Gasteiger charge is 1.99. The van der Waals surface area contributed by atoms with Gasteiger partial charge in [-0.2, -0.15) is 5.26 Å². The van der Waals surface area contributed by atoms with Gasteiger partial charge in [-0.25, -0.2) is 9.97 Å². The fourth-order valence-corrected chi connectivity index (χ4v) is 1.03. The molecule has 0 saturated heterocycles. The molecule has 0 unspecified atom stereocenters. The monoisotopic (exact) mass is 182 g/mol. The Kier molecular flexibility index (Phi) is 2.15. The number of nitriles is 1. The van der Waals surface area contributed by atoms with Crippen LogP contribution in [0.2, 0.25) is 0 Å². The number of hydrogen-bond donors (Lipinski definition) is 0. The first kappa shape index (κ1) is 8.32. The molecule has 4 heteroatoms. The summed E-state index contributed by atoms with van der Waals surface area (Å²) in [5.41, 5.74) is 1.73. The van der Waals surface area contributed by atoms with Gasteiger partial charge in [-0.3, -0.25) is 4.98 Å². The molecular formula is C10H6N4. The van der Waals surface area contributed by atoms with Crippen molar-refractivity contribution >= 4 is 0 Å².